The minimum absolute atomic E-state index is 0.502. The third kappa shape index (κ3) is 7.02. The SMILES string of the molecule is [C-]#[N+]c1ccc2c(c1)c1cc(C#N)ccc1c1nc3c(-c4cccc5c4-c4ccccc4C5(c4ccc(OC)cc4)c4ccc(OC)cc4)sc(-c4cccc5c4-c4ccccc4C5(c4ccc(OC)cc4)c4ccc(OC)cc4)c3nc21. The third-order valence-electron chi connectivity index (χ3n) is 17.3. The maximum absolute atomic E-state index is 10.3. The van der Waals surface area contributed by atoms with Crippen LogP contribution in [0.4, 0.5) is 5.69 Å². The summed E-state index contributed by atoms with van der Waals surface area (Å²) in [6, 6.07) is 78.9. The van der Waals surface area contributed by atoms with Crippen LogP contribution in [0.15, 0.2) is 218 Å². The lowest BCUT2D eigenvalue weighted by Crippen LogP contribution is -2.28. The highest BCUT2D eigenvalue weighted by Gasteiger charge is 2.49. The van der Waals surface area contributed by atoms with E-state index in [1.54, 1.807) is 39.8 Å². The Hall–Kier alpha value is -10.6. The summed E-state index contributed by atoms with van der Waals surface area (Å²) in [5.41, 5.74) is 18.0. The molecule has 11 aromatic carbocycles. The van der Waals surface area contributed by atoms with Gasteiger partial charge in [0.2, 0.25) is 0 Å². The molecule has 2 aromatic heterocycles. The zero-order valence-corrected chi connectivity index (χ0v) is 46.4. The van der Waals surface area contributed by atoms with E-state index in [0.29, 0.717) is 22.3 Å². The molecule has 0 saturated heterocycles. The molecule has 0 atom stereocenters. The standard InChI is InChI=1S/C74H48N4O4S/c1-76-48-29-39-54-60(41-48)59-40-43(42-75)20-38-53(59)67-68(54)78-70-69(77-67)71(57-14-10-18-63-65(57)55-12-6-8-16-61(55)73(63,44-21-30-49(79-2)31-22-44)45-23-32-50(80-3)33-24-45)83-72(70)58-15-11-19-64-66(58)56-13-7-9-17-62(56)74(64,46-25-34-51(81-4)35-26-46)47-27-36-52(82-5)37-28-47/h6-41H,2-5H3. The number of hydrogen-bond acceptors (Lipinski definition) is 8. The Bertz CT molecular complexity index is 4520. The molecule has 0 fully saturated rings. The van der Waals surface area contributed by atoms with Gasteiger partial charge in [-0.1, -0.05) is 152 Å². The molecule has 83 heavy (non-hydrogen) atoms. The number of benzene rings is 11. The molecule has 394 valence electrons. The molecule has 0 spiro atoms. The summed E-state index contributed by atoms with van der Waals surface area (Å²) in [6.07, 6.45) is 0. The molecule has 0 N–H and O–H groups in total. The van der Waals surface area contributed by atoms with E-state index in [0.717, 1.165) is 143 Å². The van der Waals surface area contributed by atoms with Crippen LogP contribution in [0.5, 0.6) is 23.0 Å². The number of aromatic nitrogens is 2. The van der Waals surface area contributed by atoms with Gasteiger partial charge in [-0.05, 0) is 144 Å². The molecule has 0 aliphatic heterocycles. The summed E-state index contributed by atoms with van der Waals surface area (Å²) >= 11 is 1.72. The van der Waals surface area contributed by atoms with Gasteiger partial charge in [0.1, 0.15) is 34.0 Å². The fraction of sp³-hybridized carbons (Fsp3) is 0.0811. The first-order valence-corrected chi connectivity index (χ1v) is 28.1. The number of fused-ring (bicyclic) bond motifs is 13. The first kappa shape index (κ1) is 49.5. The van der Waals surface area contributed by atoms with Crippen molar-refractivity contribution in [3.63, 3.8) is 0 Å². The van der Waals surface area contributed by atoms with Crippen molar-refractivity contribution >= 4 is 60.6 Å². The summed E-state index contributed by atoms with van der Waals surface area (Å²) in [4.78, 5) is 17.6. The van der Waals surface area contributed by atoms with E-state index in [1.807, 2.05) is 36.4 Å². The highest BCUT2D eigenvalue weighted by molar-refractivity contribution is 7.21. The molecule has 2 aliphatic carbocycles. The molecule has 0 unspecified atom stereocenters. The molecule has 2 heterocycles. The zero-order chi connectivity index (χ0) is 56.1. The number of thiophene rings is 1. The van der Waals surface area contributed by atoms with Crippen LogP contribution < -0.4 is 18.9 Å². The van der Waals surface area contributed by atoms with Crippen molar-refractivity contribution in [2.24, 2.45) is 0 Å². The summed E-state index contributed by atoms with van der Waals surface area (Å²) in [5.74, 6) is 3.11. The van der Waals surface area contributed by atoms with E-state index < -0.39 is 10.8 Å². The average Bonchev–Trinajstić information content (AvgIpc) is 1.80. The predicted octanol–water partition coefficient (Wildman–Crippen LogP) is 17.7. The maximum Gasteiger partial charge on any atom is 0.187 e. The van der Waals surface area contributed by atoms with Crippen LogP contribution in [0.1, 0.15) is 50.1 Å². The first-order chi connectivity index (χ1) is 40.8. The van der Waals surface area contributed by atoms with Crippen molar-refractivity contribution in [2.45, 2.75) is 10.8 Å². The van der Waals surface area contributed by atoms with Crippen molar-refractivity contribution in [3.05, 3.63) is 280 Å². The largest absolute Gasteiger partial charge is 0.497 e. The van der Waals surface area contributed by atoms with Crippen LogP contribution >= 0.6 is 11.3 Å². The topological polar surface area (TPSA) is 90.9 Å². The summed E-state index contributed by atoms with van der Waals surface area (Å²) < 4.78 is 23.0. The van der Waals surface area contributed by atoms with E-state index in [9.17, 15) is 5.26 Å². The Morgan fingerprint density at radius 2 is 0.771 bits per heavy atom. The second kappa shape index (κ2) is 19.0. The second-order valence-electron chi connectivity index (χ2n) is 21.1. The van der Waals surface area contributed by atoms with Crippen molar-refractivity contribution in [3.8, 4) is 72.2 Å². The highest BCUT2D eigenvalue weighted by atomic mass is 32.1. The van der Waals surface area contributed by atoms with Gasteiger partial charge in [-0.3, -0.25) is 0 Å². The van der Waals surface area contributed by atoms with Gasteiger partial charge in [0, 0.05) is 21.9 Å². The van der Waals surface area contributed by atoms with E-state index >= 15 is 0 Å². The molecule has 0 amide bonds. The van der Waals surface area contributed by atoms with Gasteiger partial charge < -0.3 is 18.9 Å². The predicted molar refractivity (Wildman–Crippen MR) is 333 cm³/mol. The molecular weight excluding hydrogens is 1040 g/mol. The smallest absolute Gasteiger partial charge is 0.187 e. The fourth-order valence-corrected chi connectivity index (χ4v) is 15.0. The Morgan fingerprint density at radius 3 is 1.17 bits per heavy atom. The van der Waals surface area contributed by atoms with Crippen LogP contribution in [-0.4, -0.2) is 38.4 Å². The number of methoxy groups -OCH3 is 4. The lowest BCUT2D eigenvalue weighted by Gasteiger charge is -2.34. The summed E-state index contributed by atoms with van der Waals surface area (Å²) in [7, 11) is 6.81. The molecule has 13 aromatic rings. The Kier molecular flexibility index (Phi) is 11.3. The average molecular weight is 1090 g/mol. The summed E-state index contributed by atoms with van der Waals surface area (Å²) in [5, 5.41) is 13.6. The summed E-state index contributed by atoms with van der Waals surface area (Å²) in [6.45, 7) is 8.05. The van der Waals surface area contributed by atoms with Crippen LogP contribution in [0.3, 0.4) is 0 Å². The van der Waals surface area contributed by atoms with Gasteiger partial charge in [0.15, 0.2) is 5.69 Å². The Balaban J connectivity index is 1.08. The monoisotopic (exact) mass is 1090 g/mol. The Labute approximate surface area is 483 Å². The number of nitrogens with zero attached hydrogens (tertiary/aromatic N) is 4. The van der Waals surface area contributed by atoms with E-state index in [-0.39, 0.29) is 0 Å². The number of ether oxygens (including phenoxy) is 4. The number of nitriles is 1. The normalized spacial score (nSPS) is 13.2. The lowest BCUT2D eigenvalue weighted by atomic mass is 9.67. The number of rotatable bonds is 10. The molecule has 15 rings (SSSR count). The van der Waals surface area contributed by atoms with E-state index in [2.05, 4.69) is 193 Å². The zero-order valence-electron chi connectivity index (χ0n) is 45.6. The Morgan fingerprint density at radius 1 is 0.398 bits per heavy atom. The van der Waals surface area contributed by atoms with Gasteiger partial charge in [-0.15, -0.1) is 11.3 Å². The minimum atomic E-state index is -0.747. The molecule has 9 heteroatoms. The minimum Gasteiger partial charge on any atom is -0.497 e. The van der Waals surface area contributed by atoms with Gasteiger partial charge in [-0.25, -0.2) is 14.8 Å². The second-order valence-corrected chi connectivity index (χ2v) is 22.1. The lowest BCUT2D eigenvalue weighted by molar-refractivity contribution is 0.414. The van der Waals surface area contributed by atoms with Gasteiger partial charge in [-0.2, -0.15) is 5.26 Å². The maximum atomic E-state index is 10.3. The van der Waals surface area contributed by atoms with Gasteiger partial charge in [0.25, 0.3) is 0 Å². The van der Waals surface area contributed by atoms with Crippen LogP contribution in [0.2, 0.25) is 0 Å². The highest BCUT2D eigenvalue weighted by Crippen LogP contribution is 2.63. The molecular formula is C74H48N4O4S. The number of hydrogen-bond donors (Lipinski definition) is 0. The van der Waals surface area contributed by atoms with Crippen molar-refractivity contribution < 1.29 is 18.9 Å². The first-order valence-electron chi connectivity index (χ1n) is 27.3. The molecule has 0 saturated carbocycles. The third-order valence-corrected chi connectivity index (χ3v) is 18.6. The van der Waals surface area contributed by atoms with Gasteiger partial charge in [0.05, 0.1) is 78.3 Å². The van der Waals surface area contributed by atoms with Crippen molar-refractivity contribution in [1.29, 1.82) is 5.26 Å². The molecule has 2 aliphatic rings. The molecule has 0 bridgehead atoms. The molecule has 0 radical (unpaired) electrons. The van der Waals surface area contributed by atoms with Crippen molar-refractivity contribution in [1.82, 2.24) is 9.97 Å². The van der Waals surface area contributed by atoms with Crippen molar-refractivity contribution in [2.75, 3.05) is 28.4 Å². The molecule has 8 nitrogen and oxygen atoms in total. The van der Waals surface area contributed by atoms with E-state index in [1.165, 1.54) is 0 Å². The van der Waals surface area contributed by atoms with E-state index in [4.69, 9.17) is 35.5 Å². The van der Waals surface area contributed by atoms with Crippen LogP contribution in [-0.2, 0) is 10.8 Å². The van der Waals surface area contributed by atoms with Gasteiger partial charge >= 0.3 is 0 Å². The fourth-order valence-electron chi connectivity index (χ4n) is 13.7. The quantitative estimate of drug-likeness (QED) is 0.0995. The van der Waals surface area contributed by atoms with Crippen LogP contribution in [0.25, 0.3) is 91.6 Å². The van der Waals surface area contributed by atoms with Crippen LogP contribution in [0, 0.1) is 17.9 Å².